The predicted octanol–water partition coefficient (Wildman–Crippen LogP) is 3.75. The highest BCUT2D eigenvalue weighted by atomic mass is 16.1. The molecule has 1 fully saturated rings. The van der Waals surface area contributed by atoms with Crippen LogP contribution in [0.25, 0.3) is 0 Å². The van der Waals surface area contributed by atoms with Gasteiger partial charge in [-0.25, -0.2) is 0 Å². The van der Waals surface area contributed by atoms with Gasteiger partial charge in [0.05, 0.1) is 6.04 Å². The van der Waals surface area contributed by atoms with Crippen LogP contribution in [-0.4, -0.2) is 18.4 Å². The zero-order chi connectivity index (χ0) is 14.4. The summed E-state index contributed by atoms with van der Waals surface area (Å²) in [7, 11) is 0. The van der Waals surface area contributed by atoms with E-state index in [2.05, 4.69) is 43.4 Å². The molecule has 0 aliphatic carbocycles. The first-order valence-corrected chi connectivity index (χ1v) is 7.90. The van der Waals surface area contributed by atoms with Gasteiger partial charge in [0.2, 0.25) is 0 Å². The lowest BCUT2D eigenvalue weighted by Crippen LogP contribution is -2.51. The molecular formula is C18H27NO. The topological polar surface area (TPSA) is 29.1 Å². The van der Waals surface area contributed by atoms with Gasteiger partial charge in [0.1, 0.15) is 5.78 Å². The lowest BCUT2D eigenvalue weighted by Gasteiger charge is -2.38. The summed E-state index contributed by atoms with van der Waals surface area (Å²) in [6.45, 7) is 5.42. The van der Waals surface area contributed by atoms with E-state index in [1.807, 2.05) is 6.07 Å². The number of rotatable bonds is 6. The smallest absolute Gasteiger partial charge is 0.150 e. The molecule has 110 valence electrons. The second-order valence-electron chi connectivity index (χ2n) is 6.64. The molecule has 0 aromatic heterocycles. The molecular weight excluding hydrogens is 246 g/mol. The minimum atomic E-state index is 0.0629. The van der Waals surface area contributed by atoms with Gasteiger partial charge in [-0.1, -0.05) is 44.2 Å². The Hall–Kier alpha value is -1.15. The van der Waals surface area contributed by atoms with Crippen molar-refractivity contribution >= 4 is 5.78 Å². The summed E-state index contributed by atoms with van der Waals surface area (Å²) in [5.41, 5.74) is 1.49. The third kappa shape index (κ3) is 4.17. The number of aryl methyl sites for hydroxylation is 1. The molecule has 0 bridgehead atoms. The molecule has 1 heterocycles. The average molecular weight is 273 g/mol. The van der Waals surface area contributed by atoms with Gasteiger partial charge in [0, 0.05) is 6.42 Å². The molecule has 0 radical (unpaired) electrons. The molecule has 1 aliphatic rings. The number of benzene rings is 1. The van der Waals surface area contributed by atoms with Crippen molar-refractivity contribution in [2.24, 2.45) is 5.41 Å². The number of hydrogen-bond donors (Lipinski definition) is 1. The van der Waals surface area contributed by atoms with Crippen molar-refractivity contribution in [1.82, 2.24) is 5.32 Å². The van der Waals surface area contributed by atoms with Crippen LogP contribution in [0.15, 0.2) is 30.3 Å². The van der Waals surface area contributed by atoms with Gasteiger partial charge in [0.25, 0.3) is 0 Å². The number of unbranched alkanes of at least 4 members (excludes halogenated alkanes) is 1. The molecule has 1 unspecified atom stereocenters. The minimum absolute atomic E-state index is 0.0629. The van der Waals surface area contributed by atoms with E-state index in [1.54, 1.807) is 0 Å². The monoisotopic (exact) mass is 273 g/mol. The maximum absolute atomic E-state index is 12.4. The van der Waals surface area contributed by atoms with Crippen molar-refractivity contribution < 1.29 is 4.79 Å². The number of carbonyl (C=O) groups excluding carboxylic acids is 1. The largest absolute Gasteiger partial charge is 0.307 e. The van der Waals surface area contributed by atoms with Crippen molar-refractivity contribution in [1.29, 1.82) is 0 Å². The standard InChI is InChI=1S/C18H27NO/c1-18(2)13-8-14-19-17(18)16(20)12-7-6-11-15-9-4-3-5-10-15/h3-5,9-10,17,19H,6-8,11-14H2,1-2H3. The molecule has 0 saturated carbocycles. The van der Waals surface area contributed by atoms with Crippen LogP contribution in [0.4, 0.5) is 0 Å². The van der Waals surface area contributed by atoms with Crippen LogP contribution in [0.2, 0.25) is 0 Å². The summed E-state index contributed by atoms with van der Waals surface area (Å²) in [5.74, 6) is 0.405. The van der Waals surface area contributed by atoms with Crippen LogP contribution in [-0.2, 0) is 11.2 Å². The number of nitrogens with one attached hydrogen (secondary N) is 1. The Morgan fingerprint density at radius 1 is 1.25 bits per heavy atom. The fourth-order valence-electron chi connectivity index (χ4n) is 3.18. The fraction of sp³-hybridized carbons (Fsp3) is 0.611. The summed E-state index contributed by atoms with van der Waals surface area (Å²) < 4.78 is 0. The van der Waals surface area contributed by atoms with Gasteiger partial charge in [-0.05, 0) is 49.6 Å². The lowest BCUT2D eigenvalue weighted by atomic mass is 9.75. The van der Waals surface area contributed by atoms with Gasteiger partial charge in [-0.2, -0.15) is 0 Å². The molecule has 2 nitrogen and oxygen atoms in total. The molecule has 1 saturated heterocycles. The fourth-order valence-corrected chi connectivity index (χ4v) is 3.18. The summed E-state index contributed by atoms with van der Waals surface area (Å²) in [6, 6.07) is 10.6. The van der Waals surface area contributed by atoms with Crippen LogP contribution < -0.4 is 5.32 Å². The van der Waals surface area contributed by atoms with E-state index in [1.165, 1.54) is 12.0 Å². The van der Waals surface area contributed by atoms with Crippen LogP contribution in [0.3, 0.4) is 0 Å². The Morgan fingerprint density at radius 3 is 2.70 bits per heavy atom. The van der Waals surface area contributed by atoms with Crippen LogP contribution in [0.1, 0.15) is 51.5 Å². The Bertz CT molecular complexity index is 424. The van der Waals surface area contributed by atoms with E-state index in [9.17, 15) is 4.79 Å². The second-order valence-corrected chi connectivity index (χ2v) is 6.64. The van der Waals surface area contributed by atoms with E-state index in [0.29, 0.717) is 12.2 Å². The van der Waals surface area contributed by atoms with E-state index in [-0.39, 0.29) is 11.5 Å². The normalized spacial score (nSPS) is 21.6. The highest BCUT2D eigenvalue weighted by Crippen LogP contribution is 2.31. The number of ketones is 1. The van der Waals surface area contributed by atoms with Crippen LogP contribution in [0, 0.1) is 5.41 Å². The van der Waals surface area contributed by atoms with Crippen LogP contribution in [0.5, 0.6) is 0 Å². The van der Waals surface area contributed by atoms with Crippen molar-refractivity contribution in [2.75, 3.05) is 6.54 Å². The maximum Gasteiger partial charge on any atom is 0.150 e. The first-order chi connectivity index (χ1) is 9.59. The summed E-state index contributed by atoms with van der Waals surface area (Å²) in [5, 5.41) is 3.42. The zero-order valence-corrected chi connectivity index (χ0v) is 12.8. The Labute approximate surface area is 123 Å². The molecule has 1 aromatic rings. The molecule has 1 aromatic carbocycles. The van der Waals surface area contributed by atoms with Gasteiger partial charge in [0.15, 0.2) is 0 Å². The Morgan fingerprint density at radius 2 is 2.00 bits per heavy atom. The van der Waals surface area contributed by atoms with Crippen molar-refractivity contribution in [2.45, 2.75) is 58.4 Å². The van der Waals surface area contributed by atoms with E-state index in [4.69, 9.17) is 0 Å². The molecule has 2 rings (SSSR count). The quantitative estimate of drug-likeness (QED) is 0.800. The lowest BCUT2D eigenvalue weighted by molar-refractivity contribution is -0.124. The number of piperidine rings is 1. The first-order valence-electron chi connectivity index (χ1n) is 7.90. The third-order valence-electron chi connectivity index (χ3n) is 4.43. The second kappa shape index (κ2) is 7.03. The van der Waals surface area contributed by atoms with Gasteiger partial charge >= 0.3 is 0 Å². The number of Topliss-reactive ketones (excluding diaryl/α,β-unsaturated/α-hetero) is 1. The van der Waals surface area contributed by atoms with Crippen LogP contribution >= 0.6 is 0 Å². The predicted molar refractivity (Wildman–Crippen MR) is 83.8 cm³/mol. The molecule has 2 heteroatoms. The van der Waals surface area contributed by atoms with Gasteiger partial charge < -0.3 is 5.32 Å². The van der Waals surface area contributed by atoms with Crippen molar-refractivity contribution in [3.63, 3.8) is 0 Å². The van der Waals surface area contributed by atoms with Gasteiger partial charge in [-0.15, -0.1) is 0 Å². The first kappa shape index (κ1) is 15.2. The minimum Gasteiger partial charge on any atom is -0.307 e. The highest BCUT2D eigenvalue weighted by Gasteiger charge is 2.36. The highest BCUT2D eigenvalue weighted by molar-refractivity contribution is 5.84. The Balaban J connectivity index is 1.72. The molecule has 0 spiro atoms. The SMILES string of the molecule is CC1(C)CCCNC1C(=O)CCCCc1ccccc1. The third-order valence-corrected chi connectivity index (χ3v) is 4.43. The van der Waals surface area contributed by atoms with Crippen molar-refractivity contribution in [3.05, 3.63) is 35.9 Å². The molecule has 1 N–H and O–H groups in total. The molecule has 20 heavy (non-hydrogen) atoms. The molecule has 1 atom stereocenters. The summed E-state index contributed by atoms with van der Waals surface area (Å²) in [6.07, 6.45) is 6.24. The summed E-state index contributed by atoms with van der Waals surface area (Å²) >= 11 is 0. The number of carbonyl (C=O) groups is 1. The maximum atomic E-state index is 12.4. The van der Waals surface area contributed by atoms with Crippen molar-refractivity contribution in [3.8, 4) is 0 Å². The van der Waals surface area contributed by atoms with E-state index in [0.717, 1.165) is 32.2 Å². The zero-order valence-electron chi connectivity index (χ0n) is 12.8. The van der Waals surface area contributed by atoms with E-state index < -0.39 is 0 Å². The average Bonchev–Trinajstić information content (AvgIpc) is 2.44. The summed E-state index contributed by atoms with van der Waals surface area (Å²) in [4.78, 5) is 12.4. The van der Waals surface area contributed by atoms with Gasteiger partial charge in [-0.3, -0.25) is 4.79 Å². The Kier molecular flexibility index (Phi) is 5.36. The van der Waals surface area contributed by atoms with E-state index >= 15 is 0 Å². The number of hydrogen-bond acceptors (Lipinski definition) is 2. The molecule has 0 amide bonds. The molecule has 1 aliphatic heterocycles.